The third-order valence-electron chi connectivity index (χ3n) is 5.18. The Labute approximate surface area is 191 Å². The number of nitrogens with one attached hydrogen (secondary N) is 1. The third kappa shape index (κ3) is 5.83. The lowest BCUT2D eigenvalue weighted by Crippen LogP contribution is -2.48. The van der Waals surface area contributed by atoms with Gasteiger partial charge in [-0.25, -0.2) is 9.78 Å². The molecule has 14 heteroatoms. The van der Waals surface area contributed by atoms with Crippen molar-refractivity contribution in [1.82, 2.24) is 19.7 Å². The minimum Gasteiger partial charge on any atom is -0.440 e. The fraction of sp³-hybridized carbons (Fsp3) is 0.421. The van der Waals surface area contributed by atoms with E-state index in [-0.39, 0.29) is 48.9 Å². The first-order valence-electron chi connectivity index (χ1n) is 9.67. The number of carbonyl (C=O) groups excluding carboxylic acids is 2. The second-order valence-corrected chi connectivity index (χ2v) is 7.80. The van der Waals surface area contributed by atoms with Gasteiger partial charge in [-0.2, -0.15) is 23.5 Å². The Morgan fingerprint density at radius 3 is 2.58 bits per heavy atom. The topological polar surface area (TPSA) is 139 Å². The van der Waals surface area contributed by atoms with Gasteiger partial charge in [-0.3, -0.25) is 9.48 Å². The monoisotopic (exact) mass is 485 g/mol. The predicted molar refractivity (Wildman–Crippen MR) is 110 cm³/mol. The molecule has 1 aliphatic rings. The number of piperidine rings is 1. The molecule has 0 bridgehead atoms. The molecule has 1 saturated heterocycles. The highest BCUT2D eigenvalue weighted by molar-refractivity contribution is 6.29. The zero-order valence-corrected chi connectivity index (χ0v) is 17.9. The molecule has 2 aromatic rings. The molecule has 176 valence electrons. The average molecular weight is 486 g/mol. The summed E-state index contributed by atoms with van der Waals surface area (Å²) in [6, 6.07) is 5.23. The Kier molecular flexibility index (Phi) is 6.97. The van der Waals surface area contributed by atoms with Crippen molar-refractivity contribution < 1.29 is 27.5 Å². The molecule has 0 unspecified atom stereocenters. The van der Waals surface area contributed by atoms with Crippen LogP contribution in [-0.2, 0) is 10.3 Å². The van der Waals surface area contributed by atoms with E-state index in [1.54, 1.807) is 6.07 Å². The molecule has 3 N–H and O–H groups in total. The van der Waals surface area contributed by atoms with E-state index >= 15 is 0 Å². The summed E-state index contributed by atoms with van der Waals surface area (Å²) in [7, 11) is 0. The molecule has 3 rings (SSSR count). The highest BCUT2D eigenvalue weighted by atomic mass is 35.5. The van der Waals surface area contributed by atoms with E-state index < -0.39 is 30.3 Å². The van der Waals surface area contributed by atoms with Crippen LogP contribution in [0.4, 0.5) is 29.5 Å². The Bertz CT molecular complexity index is 1060. The van der Waals surface area contributed by atoms with Gasteiger partial charge in [-0.1, -0.05) is 11.6 Å². The number of ether oxygens (including phenoxy) is 1. The molecule has 3 heterocycles. The maximum absolute atomic E-state index is 12.3. The van der Waals surface area contributed by atoms with Gasteiger partial charge in [0, 0.05) is 19.3 Å². The number of nitrogens with zero attached hydrogens (tertiary/aromatic N) is 5. The van der Waals surface area contributed by atoms with E-state index in [1.807, 2.05) is 0 Å². The summed E-state index contributed by atoms with van der Waals surface area (Å²) >= 11 is 5.78. The first-order valence-corrected chi connectivity index (χ1v) is 10.0. The number of hydrogen-bond acceptors (Lipinski definition) is 7. The number of carbonyl (C=O) groups is 2. The second kappa shape index (κ2) is 9.53. The van der Waals surface area contributed by atoms with Crippen LogP contribution in [0, 0.1) is 11.3 Å². The van der Waals surface area contributed by atoms with Crippen molar-refractivity contribution in [1.29, 1.82) is 5.26 Å². The van der Waals surface area contributed by atoms with Crippen molar-refractivity contribution in [3.8, 4) is 6.07 Å². The van der Waals surface area contributed by atoms with Crippen molar-refractivity contribution in [3.63, 3.8) is 0 Å². The van der Waals surface area contributed by atoms with Gasteiger partial charge in [0.15, 0.2) is 12.4 Å². The lowest BCUT2D eigenvalue weighted by Gasteiger charge is -2.40. The standard InChI is InChI=1S/C19H19ClF3N7O3/c20-14-2-1-12(9-26-14)27-16-13(15(25)31)10-30(28-16)18(3-6-24)4-7-29(8-5-18)17(32)33-11-19(21,22)23/h1-2,9-10H,3-5,7-8,11H2,(H2,25,31)(H,27,28). The van der Waals surface area contributed by atoms with Gasteiger partial charge < -0.3 is 20.7 Å². The summed E-state index contributed by atoms with van der Waals surface area (Å²) in [5, 5.41) is 17.0. The Morgan fingerprint density at radius 1 is 1.33 bits per heavy atom. The number of alkyl halides is 3. The molecule has 0 atom stereocenters. The zero-order chi connectivity index (χ0) is 24.2. The van der Waals surface area contributed by atoms with E-state index in [0.717, 1.165) is 4.90 Å². The van der Waals surface area contributed by atoms with Crippen molar-refractivity contribution in [2.45, 2.75) is 31.0 Å². The molecular weight excluding hydrogens is 467 g/mol. The number of primary amides is 1. The van der Waals surface area contributed by atoms with Gasteiger partial charge in [0.2, 0.25) is 0 Å². The number of rotatable bonds is 6. The van der Waals surface area contributed by atoms with Crippen LogP contribution in [-0.4, -0.2) is 57.5 Å². The zero-order valence-electron chi connectivity index (χ0n) is 17.1. The number of likely N-dealkylation sites (tertiary alicyclic amines) is 1. The highest BCUT2D eigenvalue weighted by Crippen LogP contribution is 2.35. The molecule has 2 amide bonds. The van der Waals surface area contributed by atoms with E-state index in [0.29, 0.717) is 5.69 Å². The van der Waals surface area contributed by atoms with Gasteiger partial charge in [-0.05, 0) is 25.0 Å². The van der Waals surface area contributed by atoms with Crippen LogP contribution >= 0.6 is 11.6 Å². The van der Waals surface area contributed by atoms with E-state index in [2.05, 4.69) is 26.2 Å². The smallest absolute Gasteiger partial charge is 0.422 e. The molecule has 1 fully saturated rings. The molecule has 10 nitrogen and oxygen atoms in total. The highest BCUT2D eigenvalue weighted by Gasteiger charge is 2.40. The Hall–Kier alpha value is -3.53. The van der Waals surface area contributed by atoms with Crippen LogP contribution < -0.4 is 11.1 Å². The summed E-state index contributed by atoms with van der Waals surface area (Å²) in [6.45, 7) is -1.61. The van der Waals surface area contributed by atoms with Gasteiger partial charge in [-0.15, -0.1) is 0 Å². The minimum absolute atomic E-state index is 0.0136. The van der Waals surface area contributed by atoms with Gasteiger partial charge in [0.25, 0.3) is 5.91 Å². The van der Waals surface area contributed by atoms with Gasteiger partial charge in [0.1, 0.15) is 10.7 Å². The Balaban J connectivity index is 1.80. The Morgan fingerprint density at radius 2 is 2.03 bits per heavy atom. The summed E-state index contributed by atoms with van der Waals surface area (Å²) in [6.07, 6.45) is -2.49. The lowest BCUT2D eigenvalue weighted by atomic mass is 9.85. The number of aromatic nitrogens is 3. The number of anilines is 2. The molecule has 0 saturated carbocycles. The lowest BCUT2D eigenvalue weighted by molar-refractivity contribution is -0.162. The summed E-state index contributed by atoms with van der Waals surface area (Å²) in [4.78, 5) is 29.0. The van der Waals surface area contributed by atoms with Crippen LogP contribution in [0.5, 0.6) is 0 Å². The molecule has 0 aliphatic carbocycles. The van der Waals surface area contributed by atoms with Crippen LogP contribution in [0.3, 0.4) is 0 Å². The van der Waals surface area contributed by atoms with Crippen LogP contribution in [0.1, 0.15) is 29.6 Å². The number of pyridine rings is 1. The van der Waals surface area contributed by atoms with Crippen molar-refractivity contribution >= 4 is 35.1 Å². The molecule has 0 radical (unpaired) electrons. The maximum Gasteiger partial charge on any atom is 0.422 e. The van der Waals surface area contributed by atoms with E-state index in [1.165, 1.54) is 23.1 Å². The van der Waals surface area contributed by atoms with Crippen molar-refractivity contribution in [2.24, 2.45) is 5.73 Å². The maximum atomic E-state index is 12.3. The minimum atomic E-state index is -4.63. The summed E-state index contributed by atoms with van der Waals surface area (Å²) in [5.74, 6) is -0.623. The largest absolute Gasteiger partial charge is 0.440 e. The van der Waals surface area contributed by atoms with Crippen LogP contribution in [0.25, 0.3) is 0 Å². The normalized spacial score (nSPS) is 15.5. The quantitative estimate of drug-likeness (QED) is 0.599. The van der Waals surface area contributed by atoms with Crippen molar-refractivity contribution in [3.05, 3.63) is 35.2 Å². The average Bonchev–Trinajstić information content (AvgIpc) is 3.19. The van der Waals surface area contributed by atoms with Gasteiger partial charge in [0.05, 0.1) is 29.9 Å². The number of amides is 2. The number of halogens is 4. The van der Waals surface area contributed by atoms with Crippen LogP contribution in [0.2, 0.25) is 5.15 Å². The van der Waals surface area contributed by atoms with E-state index in [4.69, 9.17) is 17.3 Å². The first kappa shape index (κ1) is 24.1. The second-order valence-electron chi connectivity index (χ2n) is 7.41. The van der Waals surface area contributed by atoms with E-state index in [9.17, 15) is 28.0 Å². The first-order chi connectivity index (χ1) is 15.5. The number of nitrogens with two attached hydrogens (primary N) is 1. The molecule has 0 aromatic carbocycles. The number of nitriles is 1. The summed E-state index contributed by atoms with van der Waals surface area (Å²) in [5.41, 5.74) is 5.14. The molecule has 0 spiro atoms. The van der Waals surface area contributed by atoms with Gasteiger partial charge >= 0.3 is 12.3 Å². The fourth-order valence-corrected chi connectivity index (χ4v) is 3.56. The number of hydrogen-bond donors (Lipinski definition) is 2. The fourth-order valence-electron chi connectivity index (χ4n) is 3.45. The molecule has 33 heavy (non-hydrogen) atoms. The molecule has 2 aromatic heterocycles. The predicted octanol–water partition coefficient (Wildman–Crippen LogP) is 3.18. The van der Waals surface area contributed by atoms with Crippen LogP contribution in [0.15, 0.2) is 24.5 Å². The SMILES string of the molecule is N#CCC1(n2cc(C(N)=O)c(Nc3ccc(Cl)nc3)n2)CCN(C(=O)OCC(F)(F)F)CC1. The van der Waals surface area contributed by atoms with Crippen molar-refractivity contribution in [2.75, 3.05) is 25.0 Å². The molecular formula is C19H19ClF3N7O3. The third-order valence-corrected chi connectivity index (χ3v) is 5.40. The molecule has 1 aliphatic heterocycles. The summed E-state index contributed by atoms with van der Waals surface area (Å²) < 4.78 is 42.7.